The van der Waals surface area contributed by atoms with E-state index in [0.717, 1.165) is 15.5 Å². The number of ether oxygens (including phenoxy) is 6. The Kier molecular flexibility index (Phi) is 14.5. The number of amides is 4. The molecule has 2 aliphatic rings. The van der Waals surface area contributed by atoms with Gasteiger partial charge in [0, 0.05) is 30.7 Å². The number of fused-ring (bicyclic) bond motifs is 2. The molecule has 63 heavy (non-hydrogen) atoms. The summed E-state index contributed by atoms with van der Waals surface area (Å²) in [7, 11) is 0. The van der Waals surface area contributed by atoms with Crippen LogP contribution < -0.4 is 19.6 Å². The average Bonchev–Trinajstić information content (AvgIpc) is 3.84. The van der Waals surface area contributed by atoms with Gasteiger partial charge in [-0.2, -0.15) is 9.80 Å². The quantitative estimate of drug-likeness (QED) is 0.138. The maximum atomic E-state index is 13.1. The second kappa shape index (κ2) is 18.9. The van der Waals surface area contributed by atoms with Crippen LogP contribution in [0.5, 0.6) is 0 Å². The van der Waals surface area contributed by atoms with E-state index in [1.807, 2.05) is 4.90 Å². The Morgan fingerprint density at radius 2 is 0.889 bits per heavy atom. The molecule has 2 fully saturated rings. The second-order valence-corrected chi connectivity index (χ2v) is 19.2. The zero-order valence-electron chi connectivity index (χ0n) is 37.6. The minimum Gasteiger partial charge on any atom is -0.443 e. The van der Waals surface area contributed by atoms with Crippen LogP contribution in [0.3, 0.4) is 0 Å². The van der Waals surface area contributed by atoms with Crippen molar-refractivity contribution in [3.05, 3.63) is 28.0 Å². The maximum absolute atomic E-state index is 13.1. The number of aromatic nitrogens is 4. The maximum Gasteiger partial charge on any atom is 0.424 e. The fourth-order valence-electron chi connectivity index (χ4n) is 6.17. The molecule has 2 saturated heterocycles. The van der Waals surface area contributed by atoms with Gasteiger partial charge in [0.1, 0.15) is 27.9 Å². The van der Waals surface area contributed by atoms with E-state index in [0.29, 0.717) is 68.3 Å². The Morgan fingerprint density at radius 1 is 0.571 bits per heavy atom. The van der Waals surface area contributed by atoms with Crippen molar-refractivity contribution in [2.45, 2.75) is 105 Å². The van der Waals surface area contributed by atoms with Gasteiger partial charge in [-0.1, -0.05) is 0 Å². The molecule has 4 heterocycles. The van der Waals surface area contributed by atoms with Crippen LogP contribution in [-0.4, -0.2) is 120 Å². The highest BCUT2D eigenvalue weighted by Crippen LogP contribution is 2.43. The van der Waals surface area contributed by atoms with Crippen molar-refractivity contribution in [3.8, 4) is 0 Å². The van der Waals surface area contributed by atoms with E-state index in [4.69, 9.17) is 44.3 Å². The lowest BCUT2D eigenvalue weighted by Crippen LogP contribution is -2.44. The van der Waals surface area contributed by atoms with Crippen molar-refractivity contribution >= 4 is 90.8 Å². The van der Waals surface area contributed by atoms with Crippen LogP contribution in [0, 0.1) is 6.57 Å². The number of hydrogen-bond donors (Lipinski definition) is 0. The van der Waals surface area contributed by atoms with Gasteiger partial charge in [0.15, 0.2) is 16.6 Å². The Hall–Kier alpha value is -5.79. The van der Waals surface area contributed by atoms with Gasteiger partial charge in [-0.25, -0.2) is 33.3 Å². The van der Waals surface area contributed by atoms with Gasteiger partial charge in [0.05, 0.1) is 55.7 Å². The van der Waals surface area contributed by atoms with E-state index in [9.17, 15) is 19.2 Å². The minimum absolute atomic E-state index is 0.00670. The van der Waals surface area contributed by atoms with E-state index in [2.05, 4.69) is 46.3 Å². The van der Waals surface area contributed by atoms with Crippen molar-refractivity contribution in [2.24, 2.45) is 0 Å². The first-order valence-corrected chi connectivity index (χ1v) is 20.9. The third-order valence-electron chi connectivity index (χ3n) is 8.48. The van der Waals surface area contributed by atoms with Gasteiger partial charge in [-0.05, 0) is 132 Å². The van der Waals surface area contributed by atoms with Crippen molar-refractivity contribution < 1.29 is 56.9 Å². The predicted octanol–water partition coefficient (Wildman–Crippen LogP) is 8.79. The first-order chi connectivity index (χ1) is 29.3. The molecule has 0 saturated carbocycles. The van der Waals surface area contributed by atoms with Crippen LogP contribution in [0.2, 0.25) is 0 Å². The van der Waals surface area contributed by atoms with Crippen LogP contribution in [0.4, 0.5) is 47.6 Å². The molecular formula is C41H54BrN9O12. The number of carbonyl (C=O) groups is 4. The van der Waals surface area contributed by atoms with Gasteiger partial charge >= 0.3 is 24.4 Å². The lowest BCUT2D eigenvalue weighted by Gasteiger charge is -2.31. The molecule has 0 spiro atoms. The van der Waals surface area contributed by atoms with Gasteiger partial charge in [0.25, 0.3) is 0 Å². The Morgan fingerprint density at radius 3 is 1.24 bits per heavy atom. The Labute approximate surface area is 373 Å². The topological polar surface area (TPSA) is 219 Å². The van der Waals surface area contributed by atoms with Crippen molar-refractivity contribution in [1.82, 2.24) is 20.6 Å². The van der Waals surface area contributed by atoms with E-state index in [-0.39, 0.29) is 33.6 Å². The molecular weight excluding hydrogens is 890 g/mol. The summed E-state index contributed by atoms with van der Waals surface area (Å²) < 4.78 is 43.2. The summed E-state index contributed by atoms with van der Waals surface area (Å²) in [5.74, 6) is 0. The van der Waals surface area contributed by atoms with Gasteiger partial charge in [-0.15, -0.1) is 0 Å². The van der Waals surface area contributed by atoms with Crippen LogP contribution in [-0.2, 0) is 28.4 Å². The number of anilines is 4. The SMILES string of the molecule is CC(C)(C)OC(=O)N(C(=O)OC(C)(C)C)c1cc(Br)c(N2CCOCC2)c2nonc12.[C-]#[N+]c1cc(N(C(=O)OC(C)(C)C)C(=O)OC(C)(C)C)c2nonc2c1N1CCOCC1. The lowest BCUT2D eigenvalue weighted by molar-refractivity contribution is 0.0409. The zero-order chi connectivity index (χ0) is 46.7. The third-order valence-corrected chi connectivity index (χ3v) is 9.08. The van der Waals surface area contributed by atoms with Crippen molar-refractivity contribution in [3.63, 3.8) is 0 Å². The highest BCUT2D eigenvalue weighted by molar-refractivity contribution is 9.10. The van der Waals surface area contributed by atoms with Crippen molar-refractivity contribution in [1.29, 1.82) is 0 Å². The van der Waals surface area contributed by atoms with Crippen LogP contribution in [0.15, 0.2) is 25.9 Å². The number of benzene rings is 2. The molecule has 4 amide bonds. The molecule has 21 nitrogen and oxygen atoms in total. The molecule has 4 aromatic rings. The molecule has 2 aromatic heterocycles. The number of rotatable bonds is 4. The number of nitrogens with zero attached hydrogens (tertiary/aromatic N) is 9. The van der Waals surface area contributed by atoms with Gasteiger partial charge < -0.3 is 38.2 Å². The number of carbonyl (C=O) groups excluding carboxylic acids is 4. The largest absolute Gasteiger partial charge is 0.443 e. The summed E-state index contributed by atoms with van der Waals surface area (Å²) in [6, 6.07) is 3.02. The van der Waals surface area contributed by atoms with Crippen molar-refractivity contribution in [2.75, 3.05) is 72.2 Å². The molecule has 0 aliphatic carbocycles. The molecule has 2 aromatic carbocycles. The average molecular weight is 945 g/mol. The third kappa shape index (κ3) is 12.2. The fourth-order valence-corrected chi connectivity index (χ4v) is 6.82. The first kappa shape index (κ1) is 48.2. The molecule has 0 atom stereocenters. The summed E-state index contributed by atoms with van der Waals surface area (Å²) in [6.07, 6.45) is -3.72. The summed E-state index contributed by atoms with van der Waals surface area (Å²) in [5, 5.41) is 15.9. The summed E-state index contributed by atoms with van der Waals surface area (Å²) >= 11 is 3.56. The summed E-state index contributed by atoms with van der Waals surface area (Å²) in [6.45, 7) is 32.6. The highest BCUT2D eigenvalue weighted by Gasteiger charge is 2.38. The molecule has 0 N–H and O–H groups in total. The number of imide groups is 2. The molecule has 22 heteroatoms. The standard InChI is InChI=1S/C21H27N5O6.C20H27BrN4O6/c1-20(2,3)30-18(27)26(19(28)31-21(4,5)6)14-12-13(22-7)17(16-15(14)23-32-24-16)25-8-10-29-11-9-25;1-19(2,3)29-17(26)25(18(27)30-20(4,5)6)13-11-12(21)16(15-14(13)22-31-23-15)24-7-9-28-10-8-24/h12H,8-11H2,1-6H3;11H,7-10H2,1-6H3. The Balaban J connectivity index is 0.000000238. The minimum atomic E-state index is -0.967. The van der Waals surface area contributed by atoms with Gasteiger partial charge in [0.2, 0.25) is 5.69 Å². The number of hydrogen-bond acceptors (Lipinski definition) is 18. The summed E-state index contributed by atoms with van der Waals surface area (Å²) in [4.78, 5) is 61.4. The molecule has 0 unspecified atom stereocenters. The van der Waals surface area contributed by atoms with Crippen LogP contribution >= 0.6 is 15.9 Å². The molecule has 0 radical (unpaired) electrons. The normalized spacial score (nSPS) is 14.9. The van der Waals surface area contributed by atoms with Crippen LogP contribution in [0.25, 0.3) is 26.9 Å². The van der Waals surface area contributed by atoms with Crippen LogP contribution in [0.1, 0.15) is 83.1 Å². The van der Waals surface area contributed by atoms with E-state index < -0.39 is 46.8 Å². The Bertz CT molecular complexity index is 2300. The van der Waals surface area contributed by atoms with E-state index in [1.54, 1.807) is 89.2 Å². The molecule has 6 rings (SSSR count). The summed E-state index contributed by atoms with van der Waals surface area (Å²) in [5.41, 5.74) is -0.809. The first-order valence-electron chi connectivity index (χ1n) is 20.1. The van der Waals surface area contributed by atoms with E-state index >= 15 is 0 Å². The number of halogens is 1. The van der Waals surface area contributed by atoms with Gasteiger partial charge in [-0.3, -0.25) is 0 Å². The smallest absolute Gasteiger partial charge is 0.424 e. The monoisotopic (exact) mass is 943 g/mol. The molecule has 2 aliphatic heterocycles. The molecule has 0 bridgehead atoms. The second-order valence-electron chi connectivity index (χ2n) is 18.3. The van der Waals surface area contributed by atoms with E-state index in [1.165, 1.54) is 6.07 Å². The molecule has 342 valence electrons. The predicted molar refractivity (Wildman–Crippen MR) is 234 cm³/mol. The number of morpholine rings is 2. The highest BCUT2D eigenvalue weighted by atomic mass is 79.9. The zero-order valence-corrected chi connectivity index (χ0v) is 39.2. The fraction of sp³-hybridized carbons (Fsp3) is 0.585. The lowest BCUT2D eigenvalue weighted by atomic mass is 10.1.